The van der Waals surface area contributed by atoms with Gasteiger partial charge in [-0.05, 0) is 6.07 Å². The number of piperazine rings is 1. The summed E-state index contributed by atoms with van der Waals surface area (Å²) in [7, 11) is 1.73. The van der Waals surface area contributed by atoms with Crippen LogP contribution in [-0.2, 0) is 6.54 Å². The molecule has 0 atom stereocenters. The number of halogens is 1. The van der Waals surface area contributed by atoms with Crippen LogP contribution in [0.25, 0.3) is 0 Å². The van der Waals surface area contributed by atoms with Crippen LogP contribution in [0, 0.1) is 0 Å². The minimum atomic E-state index is 0.729. The second-order valence-corrected chi connectivity index (χ2v) is 5.00. The van der Waals surface area contributed by atoms with Gasteiger partial charge in [-0.1, -0.05) is 18.2 Å². The summed E-state index contributed by atoms with van der Waals surface area (Å²) in [6.45, 7) is 6.41. The Morgan fingerprint density at radius 2 is 1.78 bits per heavy atom. The zero-order valence-corrected chi connectivity index (χ0v) is 11.7. The van der Waals surface area contributed by atoms with Gasteiger partial charge < -0.3 is 4.74 Å². The topological polar surface area (TPSA) is 15.7 Å². The van der Waals surface area contributed by atoms with Gasteiger partial charge in [0.1, 0.15) is 5.75 Å². The van der Waals surface area contributed by atoms with Crippen molar-refractivity contribution in [3.05, 3.63) is 29.8 Å². The molecule has 1 fully saturated rings. The molecule has 0 unspecified atom stereocenters. The molecule has 1 saturated heterocycles. The average molecular weight is 269 g/mol. The summed E-state index contributed by atoms with van der Waals surface area (Å²) in [6.07, 6.45) is 0. The lowest BCUT2D eigenvalue weighted by atomic mass is 10.1. The molecule has 3 nitrogen and oxygen atoms in total. The van der Waals surface area contributed by atoms with Gasteiger partial charge in [0.05, 0.1) is 7.11 Å². The zero-order valence-electron chi connectivity index (χ0n) is 10.9. The van der Waals surface area contributed by atoms with Crippen LogP contribution in [0.15, 0.2) is 24.3 Å². The highest BCUT2D eigenvalue weighted by atomic mass is 35.5. The smallest absolute Gasteiger partial charge is 0.123 e. The second-order valence-electron chi connectivity index (χ2n) is 4.62. The largest absolute Gasteiger partial charge is 0.496 e. The molecule has 0 N–H and O–H groups in total. The number of rotatable bonds is 5. The van der Waals surface area contributed by atoms with Crippen LogP contribution in [0.4, 0.5) is 0 Å². The van der Waals surface area contributed by atoms with E-state index in [2.05, 4.69) is 21.9 Å². The second kappa shape index (κ2) is 6.98. The first kappa shape index (κ1) is 13.7. The van der Waals surface area contributed by atoms with Crippen LogP contribution >= 0.6 is 11.6 Å². The van der Waals surface area contributed by atoms with Gasteiger partial charge in [0.2, 0.25) is 0 Å². The maximum Gasteiger partial charge on any atom is 0.123 e. The fourth-order valence-corrected chi connectivity index (χ4v) is 2.60. The first-order valence-electron chi connectivity index (χ1n) is 6.46. The molecule has 100 valence electrons. The third kappa shape index (κ3) is 3.61. The van der Waals surface area contributed by atoms with E-state index < -0.39 is 0 Å². The SMILES string of the molecule is COc1ccccc1CN1CCN(CCCl)CC1. The molecule has 1 heterocycles. The van der Waals surface area contributed by atoms with E-state index in [4.69, 9.17) is 16.3 Å². The van der Waals surface area contributed by atoms with E-state index in [-0.39, 0.29) is 0 Å². The van der Waals surface area contributed by atoms with E-state index in [0.717, 1.165) is 50.9 Å². The lowest BCUT2D eigenvalue weighted by Crippen LogP contribution is -2.46. The van der Waals surface area contributed by atoms with Crippen molar-refractivity contribution in [2.45, 2.75) is 6.54 Å². The number of para-hydroxylation sites is 1. The average Bonchev–Trinajstić information content (AvgIpc) is 2.42. The maximum absolute atomic E-state index is 5.77. The minimum absolute atomic E-state index is 0.729. The molecular weight excluding hydrogens is 248 g/mol. The number of hydrogen-bond donors (Lipinski definition) is 0. The van der Waals surface area contributed by atoms with Crippen molar-refractivity contribution in [3.63, 3.8) is 0 Å². The van der Waals surface area contributed by atoms with Crippen molar-refractivity contribution in [1.29, 1.82) is 0 Å². The van der Waals surface area contributed by atoms with Crippen molar-refractivity contribution in [2.24, 2.45) is 0 Å². The predicted octanol–water partition coefficient (Wildman–Crippen LogP) is 2.05. The summed E-state index contributed by atoms with van der Waals surface area (Å²) in [4.78, 5) is 4.90. The first-order valence-corrected chi connectivity index (χ1v) is 6.99. The van der Waals surface area contributed by atoms with E-state index >= 15 is 0 Å². The number of benzene rings is 1. The maximum atomic E-state index is 5.77. The molecule has 0 radical (unpaired) electrons. The Kier molecular flexibility index (Phi) is 5.29. The molecule has 1 aliphatic heterocycles. The minimum Gasteiger partial charge on any atom is -0.496 e. The summed E-state index contributed by atoms with van der Waals surface area (Å²) in [5.74, 6) is 1.72. The monoisotopic (exact) mass is 268 g/mol. The van der Waals surface area contributed by atoms with Gasteiger partial charge in [-0.15, -0.1) is 11.6 Å². The van der Waals surface area contributed by atoms with Crippen molar-refractivity contribution < 1.29 is 4.74 Å². The molecule has 0 amide bonds. The molecule has 0 spiro atoms. The molecule has 2 rings (SSSR count). The van der Waals surface area contributed by atoms with Crippen molar-refractivity contribution >= 4 is 11.6 Å². The quantitative estimate of drug-likeness (QED) is 0.761. The van der Waals surface area contributed by atoms with E-state index in [9.17, 15) is 0 Å². The van der Waals surface area contributed by atoms with Crippen LogP contribution in [0.3, 0.4) is 0 Å². The summed E-state index contributed by atoms with van der Waals surface area (Å²) < 4.78 is 5.39. The van der Waals surface area contributed by atoms with Crippen molar-refractivity contribution in [2.75, 3.05) is 45.7 Å². The standard InChI is InChI=1S/C14H21ClN2O/c1-18-14-5-3-2-4-13(14)12-17-10-8-16(7-6-15)9-11-17/h2-5H,6-12H2,1H3. The Morgan fingerprint density at radius 1 is 1.11 bits per heavy atom. The van der Waals surface area contributed by atoms with E-state index in [0.29, 0.717) is 0 Å². The Bertz CT molecular complexity index is 365. The van der Waals surface area contributed by atoms with Crippen LogP contribution in [-0.4, -0.2) is 55.5 Å². The lowest BCUT2D eigenvalue weighted by molar-refractivity contribution is 0.131. The first-order chi connectivity index (χ1) is 8.83. The predicted molar refractivity (Wildman–Crippen MR) is 75.4 cm³/mol. The summed E-state index contributed by atoms with van der Waals surface area (Å²) >= 11 is 5.77. The molecule has 0 aliphatic carbocycles. The Morgan fingerprint density at radius 3 is 2.44 bits per heavy atom. The van der Waals surface area contributed by atoms with Crippen LogP contribution in [0.1, 0.15) is 5.56 Å². The normalized spacial score (nSPS) is 17.9. The van der Waals surface area contributed by atoms with Gasteiger partial charge in [0.25, 0.3) is 0 Å². The number of ether oxygens (including phenoxy) is 1. The van der Waals surface area contributed by atoms with Gasteiger partial charge in [0.15, 0.2) is 0 Å². The molecular formula is C14H21ClN2O. The van der Waals surface area contributed by atoms with E-state index in [1.54, 1.807) is 7.11 Å². The lowest BCUT2D eigenvalue weighted by Gasteiger charge is -2.34. The molecule has 0 bridgehead atoms. The van der Waals surface area contributed by atoms with Crippen LogP contribution in [0.2, 0.25) is 0 Å². The Hall–Kier alpha value is -0.770. The molecule has 1 aromatic carbocycles. The zero-order chi connectivity index (χ0) is 12.8. The number of alkyl halides is 1. The van der Waals surface area contributed by atoms with Gasteiger partial charge in [-0.2, -0.15) is 0 Å². The third-order valence-corrected chi connectivity index (χ3v) is 3.62. The Labute approximate surface area is 114 Å². The van der Waals surface area contributed by atoms with E-state index in [1.165, 1.54) is 5.56 Å². The fraction of sp³-hybridized carbons (Fsp3) is 0.571. The molecule has 0 saturated carbocycles. The molecule has 0 aromatic heterocycles. The molecule has 18 heavy (non-hydrogen) atoms. The van der Waals surface area contributed by atoms with Gasteiger partial charge in [-0.25, -0.2) is 0 Å². The molecule has 4 heteroatoms. The Balaban J connectivity index is 1.87. The van der Waals surface area contributed by atoms with Crippen LogP contribution in [0.5, 0.6) is 5.75 Å². The highest BCUT2D eigenvalue weighted by Crippen LogP contribution is 2.19. The fourth-order valence-electron chi connectivity index (χ4n) is 2.37. The highest BCUT2D eigenvalue weighted by Gasteiger charge is 2.17. The third-order valence-electron chi connectivity index (χ3n) is 3.45. The number of hydrogen-bond acceptors (Lipinski definition) is 3. The number of methoxy groups -OCH3 is 1. The summed E-state index contributed by atoms with van der Waals surface area (Å²) in [5.41, 5.74) is 1.27. The van der Waals surface area contributed by atoms with Crippen molar-refractivity contribution in [1.82, 2.24) is 9.80 Å². The highest BCUT2D eigenvalue weighted by molar-refractivity contribution is 6.18. The summed E-state index contributed by atoms with van der Waals surface area (Å²) in [6, 6.07) is 8.26. The van der Waals surface area contributed by atoms with Crippen LogP contribution < -0.4 is 4.74 Å². The van der Waals surface area contributed by atoms with Gasteiger partial charge >= 0.3 is 0 Å². The van der Waals surface area contributed by atoms with E-state index in [1.807, 2.05) is 12.1 Å². The summed E-state index contributed by atoms with van der Waals surface area (Å²) in [5, 5.41) is 0. The van der Waals surface area contributed by atoms with Gasteiger partial charge in [0, 0.05) is 50.7 Å². The van der Waals surface area contributed by atoms with Gasteiger partial charge in [-0.3, -0.25) is 9.80 Å². The number of nitrogens with zero attached hydrogens (tertiary/aromatic N) is 2. The van der Waals surface area contributed by atoms with Crippen molar-refractivity contribution in [3.8, 4) is 5.75 Å². The molecule has 1 aliphatic rings. The molecule has 1 aromatic rings.